The van der Waals surface area contributed by atoms with E-state index >= 15 is 0 Å². The first kappa shape index (κ1) is 23.6. The lowest BCUT2D eigenvalue weighted by Gasteiger charge is -2.19. The van der Waals surface area contributed by atoms with Gasteiger partial charge in [0.1, 0.15) is 23.9 Å². The summed E-state index contributed by atoms with van der Waals surface area (Å²) in [7, 11) is 0. The van der Waals surface area contributed by atoms with Crippen LogP contribution in [0.4, 0.5) is 8.78 Å². The maximum Gasteiger partial charge on any atom is 0.355 e. The number of carbonyl (C=O) groups is 2. The summed E-state index contributed by atoms with van der Waals surface area (Å²) in [6, 6.07) is 1.87. The quantitative estimate of drug-likeness (QED) is 0.525. The number of hydrogen-bond acceptors (Lipinski definition) is 5. The molecule has 1 aromatic carbocycles. The van der Waals surface area contributed by atoms with Crippen LogP contribution >= 0.6 is 0 Å². The maximum absolute atomic E-state index is 14.7. The van der Waals surface area contributed by atoms with Gasteiger partial charge in [0, 0.05) is 18.0 Å². The number of H-pyrrole nitrogens is 1. The number of benzene rings is 1. The Morgan fingerprint density at radius 3 is 2.30 bits per heavy atom. The van der Waals surface area contributed by atoms with Gasteiger partial charge in [-0.1, -0.05) is 0 Å². The Morgan fingerprint density at radius 1 is 1.03 bits per heavy atom. The number of esters is 1. The lowest BCUT2D eigenvalue weighted by atomic mass is 9.93. The number of hydrogen-bond donors (Lipinski definition) is 2. The zero-order valence-corrected chi connectivity index (χ0v) is 18.7. The van der Waals surface area contributed by atoms with Crippen molar-refractivity contribution < 1.29 is 28.2 Å². The van der Waals surface area contributed by atoms with E-state index in [1.807, 2.05) is 0 Å². The summed E-state index contributed by atoms with van der Waals surface area (Å²) in [5.41, 5.74) is 0.364. The molecule has 1 atom stereocenters. The highest BCUT2D eigenvalue weighted by Crippen LogP contribution is 2.30. The average molecular weight is 464 g/mol. The molecule has 0 aliphatic carbocycles. The van der Waals surface area contributed by atoms with E-state index in [1.165, 1.54) is 0 Å². The molecule has 33 heavy (non-hydrogen) atoms. The van der Waals surface area contributed by atoms with Gasteiger partial charge in [0.15, 0.2) is 0 Å². The lowest BCUT2D eigenvalue weighted by Crippen LogP contribution is -2.27. The Morgan fingerprint density at radius 2 is 1.67 bits per heavy atom. The second-order valence-corrected chi connectivity index (χ2v) is 9.05. The van der Waals surface area contributed by atoms with Crippen LogP contribution in [-0.2, 0) is 16.0 Å². The predicted molar refractivity (Wildman–Crippen MR) is 119 cm³/mol. The Kier molecular flexibility index (Phi) is 7.60. The van der Waals surface area contributed by atoms with Crippen molar-refractivity contribution in [2.75, 3.05) is 45.9 Å². The number of likely N-dealkylation sites (tertiary alicyclic amines) is 2. The number of carbonyl (C=O) groups excluding carboxylic acids is 1. The van der Waals surface area contributed by atoms with E-state index < -0.39 is 29.5 Å². The molecule has 0 saturated carbocycles. The lowest BCUT2D eigenvalue weighted by molar-refractivity contribution is -0.142. The summed E-state index contributed by atoms with van der Waals surface area (Å²) in [5.74, 6) is -4.07. The molecule has 2 aromatic rings. The van der Waals surface area contributed by atoms with Gasteiger partial charge in [0.05, 0.1) is 11.4 Å². The SMILES string of the molecule is O=C(OCCN1CCCC1)c1[nH]c2cc(F)cc(F)c2c1CC(CCN1CCCC1)C(=O)O. The van der Waals surface area contributed by atoms with Gasteiger partial charge in [-0.25, -0.2) is 13.6 Å². The van der Waals surface area contributed by atoms with Crippen LogP contribution in [0.5, 0.6) is 0 Å². The molecule has 3 heterocycles. The number of aromatic amines is 1. The Bertz CT molecular complexity index is 997. The van der Waals surface area contributed by atoms with Crippen LogP contribution in [0, 0.1) is 17.6 Å². The molecule has 2 fully saturated rings. The summed E-state index contributed by atoms with van der Waals surface area (Å²) in [6.07, 6.45) is 4.79. The highest BCUT2D eigenvalue weighted by atomic mass is 19.1. The molecule has 2 saturated heterocycles. The van der Waals surface area contributed by atoms with E-state index in [0.717, 1.165) is 64.0 Å². The number of aromatic nitrogens is 1. The molecule has 9 heteroatoms. The minimum atomic E-state index is -1.00. The van der Waals surface area contributed by atoms with Gasteiger partial charge >= 0.3 is 11.9 Å². The largest absolute Gasteiger partial charge is 0.481 e. The zero-order valence-electron chi connectivity index (χ0n) is 18.7. The standard InChI is InChI=1S/C24H31F2N3O4/c25-17-14-19(26)21-18(13-16(23(30)31)5-10-28-6-1-2-7-28)22(27-20(21)15-17)24(32)33-12-11-29-8-3-4-9-29/h14-16,27H,1-13H2,(H,30,31). The third-order valence-corrected chi connectivity index (χ3v) is 6.75. The van der Waals surface area contributed by atoms with E-state index in [0.29, 0.717) is 19.5 Å². The Balaban J connectivity index is 1.55. The fourth-order valence-corrected chi connectivity index (χ4v) is 4.94. The number of halogens is 2. The molecule has 2 aliphatic rings. The van der Waals surface area contributed by atoms with Crippen molar-refractivity contribution in [3.8, 4) is 0 Å². The van der Waals surface area contributed by atoms with Crippen LogP contribution in [0.25, 0.3) is 10.9 Å². The number of fused-ring (bicyclic) bond motifs is 1. The molecule has 2 aliphatic heterocycles. The molecule has 2 N–H and O–H groups in total. The normalized spacial score (nSPS) is 18.2. The van der Waals surface area contributed by atoms with Gasteiger partial charge in [-0.3, -0.25) is 9.69 Å². The van der Waals surface area contributed by atoms with Crippen LogP contribution in [-0.4, -0.2) is 77.7 Å². The topological polar surface area (TPSA) is 85.9 Å². The van der Waals surface area contributed by atoms with E-state index in [2.05, 4.69) is 14.8 Å². The first-order chi connectivity index (χ1) is 15.9. The molecule has 4 rings (SSSR count). The monoisotopic (exact) mass is 463 g/mol. The summed E-state index contributed by atoms with van der Waals surface area (Å²) in [4.78, 5) is 32.1. The number of nitrogens with one attached hydrogen (secondary N) is 1. The first-order valence-corrected chi connectivity index (χ1v) is 11.8. The first-order valence-electron chi connectivity index (χ1n) is 11.8. The smallest absolute Gasteiger partial charge is 0.355 e. The summed E-state index contributed by atoms with van der Waals surface area (Å²) in [5, 5.41) is 9.87. The van der Waals surface area contributed by atoms with Crippen LogP contribution in [0.3, 0.4) is 0 Å². The fraction of sp³-hybridized carbons (Fsp3) is 0.583. The van der Waals surface area contributed by atoms with Crippen molar-refractivity contribution in [2.45, 2.75) is 38.5 Å². The van der Waals surface area contributed by atoms with Crippen LogP contribution in [0.1, 0.15) is 48.2 Å². The van der Waals surface area contributed by atoms with E-state index in [-0.39, 0.29) is 35.2 Å². The summed E-state index contributed by atoms with van der Waals surface area (Å²) >= 11 is 0. The van der Waals surface area contributed by atoms with Gasteiger partial charge in [0.2, 0.25) is 0 Å². The van der Waals surface area contributed by atoms with E-state index in [9.17, 15) is 23.5 Å². The molecule has 0 amide bonds. The third-order valence-electron chi connectivity index (χ3n) is 6.75. The van der Waals surface area contributed by atoms with Gasteiger partial charge in [-0.05, 0) is 82.9 Å². The van der Waals surface area contributed by atoms with Crippen molar-refractivity contribution in [1.82, 2.24) is 14.8 Å². The zero-order chi connectivity index (χ0) is 23.4. The molecule has 180 valence electrons. The Hall–Kier alpha value is -2.52. The van der Waals surface area contributed by atoms with E-state index in [4.69, 9.17) is 4.74 Å². The van der Waals surface area contributed by atoms with Crippen LogP contribution in [0.2, 0.25) is 0 Å². The van der Waals surface area contributed by atoms with Crippen molar-refractivity contribution in [2.24, 2.45) is 5.92 Å². The molecule has 0 radical (unpaired) electrons. The van der Waals surface area contributed by atoms with E-state index in [1.54, 1.807) is 0 Å². The average Bonchev–Trinajstić information content (AvgIpc) is 3.52. The molecule has 1 aromatic heterocycles. The van der Waals surface area contributed by atoms with Crippen molar-refractivity contribution >= 4 is 22.8 Å². The third kappa shape index (κ3) is 5.70. The molecular formula is C24H31F2N3O4. The Labute approximate surface area is 191 Å². The predicted octanol–water partition coefficient (Wildman–Crippen LogP) is 3.43. The molecule has 0 bridgehead atoms. The maximum atomic E-state index is 14.7. The summed E-state index contributed by atoms with van der Waals surface area (Å²) < 4.78 is 34.0. The number of aliphatic carboxylic acids is 1. The second kappa shape index (κ2) is 10.6. The second-order valence-electron chi connectivity index (χ2n) is 9.05. The number of rotatable bonds is 10. The number of nitrogens with zero attached hydrogens (tertiary/aromatic N) is 2. The molecule has 0 spiro atoms. The highest BCUT2D eigenvalue weighted by Gasteiger charge is 2.28. The highest BCUT2D eigenvalue weighted by molar-refractivity contribution is 5.99. The number of carboxylic acid groups (broad SMARTS) is 1. The van der Waals surface area contributed by atoms with Crippen molar-refractivity contribution in [3.63, 3.8) is 0 Å². The molecule has 7 nitrogen and oxygen atoms in total. The van der Waals surface area contributed by atoms with Gasteiger partial charge in [0.25, 0.3) is 0 Å². The summed E-state index contributed by atoms with van der Waals surface area (Å²) in [6.45, 7) is 5.25. The minimum Gasteiger partial charge on any atom is -0.481 e. The van der Waals surface area contributed by atoms with Crippen molar-refractivity contribution in [3.05, 3.63) is 35.0 Å². The van der Waals surface area contributed by atoms with Gasteiger partial charge < -0.3 is 19.7 Å². The number of ether oxygens (including phenoxy) is 1. The van der Waals surface area contributed by atoms with Gasteiger partial charge in [-0.2, -0.15) is 0 Å². The van der Waals surface area contributed by atoms with Crippen LogP contribution < -0.4 is 0 Å². The molecule has 1 unspecified atom stereocenters. The van der Waals surface area contributed by atoms with Gasteiger partial charge in [-0.15, -0.1) is 0 Å². The van der Waals surface area contributed by atoms with Crippen LogP contribution in [0.15, 0.2) is 12.1 Å². The molecular weight excluding hydrogens is 432 g/mol. The van der Waals surface area contributed by atoms with Crippen molar-refractivity contribution in [1.29, 1.82) is 0 Å². The fourth-order valence-electron chi connectivity index (χ4n) is 4.94. The number of carboxylic acids is 1. The minimum absolute atomic E-state index is 0.00310.